The van der Waals surface area contributed by atoms with Gasteiger partial charge in [-0.25, -0.2) is 4.39 Å². The molecule has 1 aromatic carbocycles. The third-order valence-corrected chi connectivity index (χ3v) is 4.17. The van der Waals surface area contributed by atoms with Crippen molar-refractivity contribution in [2.75, 3.05) is 30.8 Å². The van der Waals surface area contributed by atoms with E-state index in [1.54, 1.807) is 13.2 Å². The Labute approximate surface area is 115 Å². The summed E-state index contributed by atoms with van der Waals surface area (Å²) in [5.41, 5.74) is 7.08. The van der Waals surface area contributed by atoms with Gasteiger partial charge in [0.25, 0.3) is 0 Å². The number of rotatable bonds is 2. The molecule has 0 radical (unpaired) electrons. The molecule has 0 aliphatic carbocycles. The molecule has 0 saturated carbocycles. The van der Waals surface area contributed by atoms with Gasteiger partial charge in [-0.15, -0.1) is 0 Å². The summed E-state index contributed by atoms with van der Waals surface area (Å²) in [6.45, 7) is 3.78. The summed E-state index contributed by atoms with van der Waals surface area (Å²) in [7, 11) is 1.73. The van der Waals surface area contributed by atoms with Crippen molar-refractivity contribution in [2.24, 2.45) is 0 Å². The van der Waals surface area contributed by atoms with Gasteiger partial charge in [0.2, 0.25) is 0 Å². The number of benzene rings is 1. The van der Waals surface area contributed by atoms with E-state index in [-0.39, 0.29) is 11.4 Å². The first-order valence-electron chi connectivity index (χ1n) is 6.00. The molecule has 0 amide bonds. The van der Waals surface area contributed by atoms with Crippen LogP contribution in [0.4, 0.5) is 15.8 Å². The number of nitrogen functional groups attached to an aromatic ring is 1. The minimum absolute atomic E-state index is 0.161. The zero-order valence-corrected chi connectivity index (χ0v) is 12.3. The molecule has 3 nitrogen and oxygen atoms in total. The molecule has 2 N–H and O–H groups in total. The van der Waals surface area contributed by atoms with Crippen LogP contribution in [0.15, 0.2) is 16.6 Å². The largest absolute Gasteiger partial charge is 0.397 e. The average molecular weight is 317 g/mol. The Balaban J connectivity index is 2.29. The molecule has 0 aromatic heterocycles. The Morgan fingerprint density at radius 3 is 2.89 bits per heavy atom. The summed E-state index contributed by atoms with van der Waals surface area (Å²) in [6.07, 6.45) is 2.07. The van der Waals surface area contributed by atoms with Crippen LogP contribution in [0.25, 0.3) is 0 Å². The maximum Gasteiger partial charge on any atom is 0.139 e. The number of ether oxygens (including phenoxy) is 1. The van der Waals surface area contributed by atoms with Gasteiger partial charge >= 0.3 is 0 Å². The second-order valence-corrected chi connectivity index (χ2v) is 5.86. The molecule has 100 valence electrons. The van der Waals surface area contributed by atoms with Gasteiger partial charge in [-0.05, 0) is 41.8 Å². The van der Waals surface area contributed by atoms with Gasteiger partial charge < -0.3 is 15.4 Å². The number of halogens is 2. The molecule has 5 heteroatoms. The molecule has 1 aliphatic heterocycles. The predicted octanol–water partition coefficient (Wildman–Crippen LogP) is 3.18. The number of nitrogens with two attached hydrogens (primary N) is 1. The maximum absolute atomic E-state index is 13.4. The number of hydrogen-bond donors (Lipinski definition) is 1. The third kappa shape index (κ3) is 2.62. The van der Waals surface area contributed by atoms with Gasteiger partial charge in [-0.1, -0.05) is 0 Å². The highest BCUT2D eigenvalue weighted by Gasteiger charge is 2.31. The first kappa shape index (κ1) is 13.6. The van der Waals surface area contributed by atoms with Gasteiger partial charge in [-0.3, -0.25) is 0 Å². The normalized spacial score (nSPS) is 24.3. The van der Waals surface area contributed by atoms with Crippen LogP contribution in [-0.4, -0.2) is 25.8 Å². The van der Waals surface area contributed by atoms with Crippen molar-refractivity contribution in [3.8, 4) is 0 Å². The van der Waals surface area contributed by atoms with E-state index in [0.29, 0.717) is 10.2 Å². The number of nitrogens with zero attached hydrogens (tertiary/aromatic N) is 1. The van der Waals surface area contributed by atoms with E-state index in [2.05, 4.69) is 27.8 Å². The van der Waals surface area contributed by atoms with Crippen molar-refractivity contribution in [2.45, 2.75) is 25.4 Å². The topological polar surface area (TPSA) is 38.5 Å². The second kappa shape index (κ2) is 5.05. The van der Waals surface area contributed by atoms with Crippen LogP contribution >= 0.6 is 15.9 Å². The molecule has 18 heavy (non-hydrogen) atoms. The minimum Gasteiger partial charge on any atom is -0.397 e. The van der Waals surface area contributed by atoms with E-state index >= 15 is 0 Å². The van der Waals surface area contributed by atoms with Crippen LogP contribution in [0.1, 0.15) is 19.8 Å². The monoisotopic (exact) mass is 316 g/mol. The van der Waals surface area contributed by atoms with Crippen molar-refractivity contribution in [1.82, 2.24) is 0 Å². The molecule has 2 rings (SSSR count). The van der Waals surface area contributed by atoms with Gasteiger partial charge in [0.05, 0.1) is 21.4 Å². The van der Waals surface area contributed by atoms with Crippen LogP contribution in [0.5, 0.6) is 0 Å². The minimum atomic E-state index is -0.331. The standard InChI is InChI=1S/C13H18BrFN2O/c1-13(18-2)4-3-5-17(8-13)12-6-9(14)10(15)7-11(12)16/h6-7H,3-5,8,16H2,1-2H3. The number of methoxy groups -OCH3 is 1. The lowest BCUT2D eigenvalue weighted by molar-refractivity contribution is -0.00462. The highest BCUT2D eigenvalue weighted by Crippen LogP contribution is 2.34. The van der Waals surface area contributed by atoms with Gasteiger partial charge in [-0.2, -0.15) is 0 Å². The number of anilines is 2. The Morgan fingerprint density at radius 2 is 2.22 bits per heavy atom. The van der Waals surface area contributed by atoms with E-state index in [1.807, 2.05) is 0 Å². The molecule has 1 aliphatic rings. The first-order chi connectivity index (χ1) is 8.45. The fourth-order valence-electron chi connectivity index (χ4n) is 2.40. The summed E-state index contributed by atoms with van der Waals surface area (Å²) in [5, 5.41) is 0. The lowest BCUT2D eigenvalue weighted by Gasteiger charge is -2.41. The molecule has 1 atom stereocenters. The SMILES string of the molecule is COC1(C)CCCN(c2cc(Br)c(F)cc2N)C1. The number of piperidine rings is 1. The van der Waals surface area contributed by atoms with E-state index in [4.69, 9.17) is 10.5 Å². The molecule has 0 bridgehead atoms. The van der Waals surface area contributed by atoms with Crippen molar-refractivity contribution >= 4 is 27.3 Å². The van der Waals surface area contributed by atoms with Crippen molar-refractivity contribution < 1.29 is 9.13 Å². The highest BCUT2D eigenvalue weighted by molar-refractivity contribution is 9.10. The lowest BCUT2D eigenvalue weighted by atomic mass is 9.94. The van der Waals surface area contributed by atoms with Crippen LogP contribution in [-0.2, 0) is 4.74 Å². The second-order valence-electron chi connectivity index (χ2n) is 5.00. The highest BCUT2D eigenvalue weighted by atomic mass is 79.9. The zero-order chi connectivity index (χ0) is 13.3. The van der Waals surface area contributed by atoms with E-state index in [0.717, 1.165) is 31.6 Å². The average Bonchev–Trinajstić information content (AvgIpc) is 2.34. The fraction of sp³-hybridized carbons (Fsp3) is 0.538. The Kier molecular flexibility index (Phi) is 3.82. The van der Waals surface area contributed by atoms with Crippen molar-refractivity contribution in [3.63, 3.8) is 0 Å². The summed E-state index contributed by atoms with van der Waals surface area (Å²) < 4.78 is 19.4. The Bertz CT molecular complexity index is 455. The molecule has 1 saturated heterocycles. The Hall–Kier alpha value is -0.810. The van der Waals surface area contributed by atoms with Gasteiger partial charge in [0, 0.05) is 26.3 Å². The van der Waals surface area contributed by atoms with Crippen molar-refractivity contribution in [3.05, 3.63) is 22.4 Å². The van der Waals surface area contributed by atoms with Crippen LogP contribution in [0.2, 0.25) is 0 Å². The third-order valence-electron chi connectivity index (χ3n) is 3.56. The van der Waals surface area contributed by atoms with Crippen LogP contribution in [0, 0.1) is 5.82 Å². The quantitative estimate of drug-likeness (QED) is 0.852. The molecule has 1 aromatic rings. The molecule has 1 fully saturated rings. The molecular formula is C13H18BrFN2O. The van der Waals surface area contributed by atoms with Crippen LogP contribution in [0.3, 0.4) is 0 Å². The van der Waals surface area contributed by atoms with Crippen LogP contribution < -0.4 is 10.6 Å². The summed E-state index contributed by atoms with van der Waals surface area (Å²) in [5.74, 6) is -0.331. The molecule has 0 spiro atoms. The first-order valence-corrected chi connectivity index (χ1v) is 6.79. The zero-order valence-electron chi connectivity index (χ0n) is 10.7. The summed E-state index contributed by atoms with van der Waals surface area (Å²) >= 11 is 3.20. The maximum atomic E-state index is 13.4. The van der Waals surface area contributed by atoms with E-state index < -0.39 is 0 Å². The van der Waals surface area contributed by atoms with Gasteiger partial charge in [0.15, 0.2) is 0 Å². The smallest absolute Gasteiger partial charge is 0.139 e. The molecular weight excluding hydrogens is 299 g/mol. The fourth-order valence-corrected chi connectivity index (χ4v) is 2.73. The van der Waals surface area contributed by atoms with E-state index in [9.17, 15) is 4.39 Å². The van der Waals surface area contributed by atoms with E-state index in [1.165, 1.54) is 6.07 Å². The summed E-state index contributed by atoms with van der Waals surface area (Å²) in [4.78, 5) is 2.16. The van der Waals surface area contributed by atoms with Crippen molar-refractivity contribution in [1.29, 1.82) is 0 Å². The molecule has 1 heterocycles. The van der Waals surface area contributed by atoms with Gasteiger partial charge in [0.1, 0.15) is 5.82 Å². The molecule has 1 unspecified atom stereocenters. The predicted molar refractivity (Wildman–Crippen MR) is 75.4 cm³/mol. The lowest BCUT2D eigenvalue weighted by Crippen LogP contribution is -2.47. The Morgan fingerprint density at radius 1 is 1.50 bits per heavy atom. The summed E-state index contributed by atoms with van der Waals surface area (Å²) in [6, 6.07) is 3.10. The number of hydrogen-bond acceptors (Lipinski definition) is 3.